The van der Waals surface area contributed by atoms with Gasteiger partial charge < -0.3 is 10.2 Å². The first-order valence-corrected chi connectivity index (χ1v) is 6.74. The van der Waals surface area contributed by atoms with Crippen LogP contribution in [0.4, 0.5) is 0 Å². The summed E-state index contributed by atoms with van der Waals surface area (Å²) >= 11 is 0. The molecule has 1 aliphatic heterocycles. The van der Waals surface area contributed by atoms with E-state index >= 15 is 0 Å². The zero-order chi connectivity index (χ0) is 13.8. The highest BCUT2D eigenvalue weighted by Gasteiger charge is 2.21. The number of nitrogens with zero attached hydrogens (tertiary/aromatic N) is 3. The number of amides is 2. The summed E-state index contributed by atoms with van der Waals surface area (Å²) in [4.78, 5) is 24.9. The molecule has 0 aromatic carbocycles. The minimum Gasteiger partial charge on any atom is -0.347 e. The Kier molecular flexibility index (Phi) is 4.19. The lowest BCUT2D eigenvalue weighted by molar-refractivity contribution is -0.130. The normalized spacial score (nSPS) is 16.4. The Hall–Kier alpha value is -1.85. The molecule has 104 valence electrons. The van der Waals surface area contributed by atoms with Crippen molar-refractivity contribution in [3.8, 4) is 0 Å². The molecular formula is C13H20N4O2. The third kappa shape index (κ3) is 3.13. The van der Waals surface area contributed by atoms with Crippen molar-refractivity contribution in [1.82, 2.24) is 20.0 Å². The monoisotopic (exact) mass is 264 g/mol. The molecule has 1 aromatic rings. The number of hydrogen-bond acceptors (Lipinski definition) is 3. The summed E-state index contributed by atoms with van der Waals surface area (Å²) in [6.45, 7) is 5.97. The van der Waals surface area contributed by atoms with Gasteiger partial charge in [0.05, 0.1) is 24.5 Å². The van der Waals surface area contributed by atoms with Crippen molar-refractivity contribution in [2.24, 2.45) is 0 Å². The summed E-state index contributed by atoms with van der Waals surface area (Å²) in [6.07, 6.45) is 1.25. The van der Waals surface area contributed by atoms with Gasteiger partial charge in [0.15, 0.2) is 0 Å². The summed E-state index contributed by atoms with van der Waals surface area (Å²) in [6, 6.07) is 2.04. The molecule has 0 radical (unpaired) electrons. The quantitative estimate of drug-likeness (QED) is 0.851. The highest BCUT2D eigenvalue weighted by molar-refractivity contribution is 5.87. The fourth-order valence-electron chi connectivity index (χ4n) is 2.19. The lowest BCUT2D eigenvalue weighted by Gasteiger charge is -2.19. The minimum atomic E-state index is -0.0610. The molecule has 1 N–H and O–H groups in total. The van der Waals surface area contributed by atoms with E-state index in [4.69, 9.17) is 0 Å². The van der Waals surface area contributed by atoms with Gasteiger partial charge in [-0.05, 0) is 19.4 Å². The Balaban J connectivity index is 2.12. The minimum absolute atomic E-state index is 0.0345. The van der Waals surface area contributed by atoms with E-state index in [0.717, 1.165) is 24.4 Å². The average molecular weight is 264 g/mol. The molecule has 0 unspecified atom stereocenters. The third-order valence-corrected chi connectivity index (χ3v) is 3.33. The molecule has 0 bridgehead atoms. The van der Waals surface area contributed by atoms with Crippen LogP contribution >= 0.6 is 0 Å². The second-order valence-corrected chi connectivity index (χ2v) is 4.64. The molecule has 6 heteroatoms. The maximum atomic E-state index is 11.9. The summed E-state index contributed by atoms with van der Waals surface area (Å²) in [7, 11) is 0. The SMILES string of the molecule is CCc1cc(CN2CCC(=O)NCC2=O)n(CC)n1. The Bertz CT molecular complexity index is 481. The summed E-state index contributed by atoms with van der Waals surface area (Å²) < 4.78 is 1.92. The zero-order valence-electron chi connectivity index (χ0n) is 11.5. The molecule has 2 heterocycles. The predicted octanol–water partition coefficient (Wildman–Crippen LogP) is 0.314. The van der Waals surface area contributed by atoms with Crippen molar-refractivity contribution in [1.29, 1.82) is 0 Å². The first-order valence-electron chi connectivity index (χ1n) is 6.74. The van der Waals surface area contributed by atoms with Crippen LogP contribution in [-0.2, 0) is 29.1 Å². The van der Waals surface area contributed by atoms with E-state index in [9.17, 15) is 9.59 Å². The molecular weight excluding hydrogens is 244 g/mol. The van der Waals surface area contributed by atoms with Crippen molar-refractivity contribution in [2.45, 2.75) is 39.8 Å². The van der Waals surface area contributed by atoms with Crippen molar-refractivity contribution >= 4 is 11.8 Å². The van der Waals surface area contributed by atoms with Crippen LogP contribution < -0.4 is 5.32 Å². The largest absolute Gasteiger partial charge is 0.347 e. The van der Waals surface area contributed by atoms with Gasteiger partial charge in [-0.3, -0.25) is 14.3 Å². The predicted molar refractivity (Wildman–Crippen MR) is 70.3 cm³/mol. The standard InChI is InChI=1S/C13H20N4O2/c1-3-10-7-11(17(4-2)15-10)9-16-6-5-12(18)14-8-13(16)19/h7H,3-6,8-9H2,1-2H3,(H,14,18). The number of rotatable bonds is 4. The summed E-state index contributed by atoms with van der Waals surface area (Å²) in [5, 5.41) is 7.07. The molecule has 0 atom stereocenters. The van der Waals surface area contributed by atoms with Crippen LogP contribution in [0, 0.1) is 0 Å². The van der Waals surface area contributed by atoms with Crippen LogP contribution in [0.1, 0.15) is 31.7 Å². The van der Waals surface area contributed by atoms with Crippen molar-refractivity contribution < 1.29 is 9.59 Å². The van der Waals surface area contributed by atoms with Gasteiger partial charge in [0.2, 0.25) is 11.8 Å². The van der Waals surface area contributed by atoms with Crippen LogP contribution in [0.15, 0.2) is 6.07 Å². The maximum Gasteiger partial charge on any atom is 0.242 e. The second-order valence-electron chi connectivity index (χ2n) is 4.64. The van der Waals surface area contributed by atoms with Gasteiger partial charge in [0, 0.05) is 19.5 Å². The summed E-state index contributed by atoms with van der Waals surface area (Å²) in [5.74, 6) is -0.0955. The van der Waals surface area contributed by atoms with E-state index in [2.05, 4.69) is 17.3 Å². The van der Waals surface area contributed by atoms with Gasteiger partial charge in [-0.2, -0.15) is 5.10 Å². The molecule has 0 spiro atoms. The van der Waals surface area contributed by atoms with Crippen LogP contribution in [0.5, 0.6) is 0 Å². The van der Waals surface area contributed by atoms with Crippen molar-refractivity contribution in [2.75, 3.05) is 13.1 Å². The second kappa shape index (κ2) is 5.86. The van der Waals surface area contributed by atoms with E-state index in [0.29, 0.717) is 19.5 Å². The Labute approximate surface area is 112 Å². The van der Waals surface area contributed by atoms with E-state index in [1.165, 1.54) is 0 Å². The highest BCUT2D eigenvalue weighted by Crippen LogP contribution is 2.10. The van der Waals surface area contributed by atoms with E-state index < -0.39 is 0 Å². The molecule has 6 nitrogen and oxygen atoms in total. The van der Waals surface area contributed by atoms with Gasteiger partial charge in [-0.15, -0.1) is 0 Å². The molecule has 0 aliphatic carbocycles. The molecule has 1 aromatic heterocycles. The van der Waals surface area contributed by atoms with E-state index in [-0.39, 0.29) is 18.4 Å². The highest BCUT2D eigenvalue weighted by atomic mass is 16.2. The number of nitrogens with one attached hydrogen (secondary N) is 1. The van der Waals surface area contributed by atoms with Gasteiger partial charge in [0.1, 0.15) is 0 Å². The van der Waals surface area contributed by atoms with Crippen molar-refractivity contribution in [3.63, 3.8) is 0 Å². The number of aromatic nitrogens is 2. The molecule has 19 heavy (non-hydrogen) atoms. The topological polar surface area (TPSA) is 67.2 Å². The van der Waals surface area contributed by atoms with Gasteiger partial charge in [-0.1, -0.05) is 6.92 Å². The first-order chi connectivity index (χ1) is 9.13. The van der Waals surface area contributed by atoms with Gasteiger partial charge in [0.25, 0.3) is 0 Å². The lowest BCUT2D eigenvalue weighted by Crippen LogP contribution is -2.35. The lowest BCUT2D eigenvalue weighted by atomic mass is 10.3. The molecule has 1 aliphatic rings. The Morgan fingerprint density at radius 2 is 2.16 bits per heavy atom. The maximum absolute atomic E-state index is 11.9. The first kappa shape index (κ1) is 13.6. The Morgan fingerprint density at radius 3 is 2.84 bits per heavy atom. The average Bonchev–Trinajstić information content (AvgIpc) is 2.75. The van der Waals surface area contributed by atoms with Crippen molar-refractivity contribution in [3.05, 3.63) is 17.5 Å². The zero-order valence-corrected chi connectivity index (χ0v) is 11.5. The Morgan fingerprint density at radius 1 is 1.37 bits per heavy atom. The number of carbonyl (C=O) groups is 2. The molecule has 0 saturated carbocycles. The van der Waals surface area contributed by atoms with Crippen LogP contribution in [0.25, 0.3) is 0 Å². The third-order valence-electron chi connectivity index (χ3n) is 3.33. The van der Waals surface area contributed by atoms with E-state index in [1.54, 1.807) is 4.90 Å². The fraction of sp³-hybridized carbons (Fsp3) is 0.615. The molecule has 2 rings (SSSR count). The van der Waals surface area contributed by atoms with Crippen LogP contribution in [0.3, 0.4) is 0 Å². The summed E-state index contributed by atoms with van der Waals surface area (Å²) in [5.41, 5.74) is 2.07. The smallest absolute Gasteiger partial charge is 0.242 e. The fourth-order valence-corrected chi connectivity index (χ4v) is 2.19. The van der Waals surface area contributed by atoms with Crippen LogP contribution in [-0.4, -0.2) is 39.6 Å². The van der Waals surface area contributed by atoms with E-state index in [1.807, 2.05) is 17.7 Å². The number of hydrogen-bond donors (Lipinski definition) is 1. The van der Waals surface area contributed by atoms with Crippen LogP contribution in [0.2, 0.25) is 0 Å². The molecule has 1 saturated heterocycles. The molecule has 2 amide bonds. The number of carbonyl (C=O) groups excluding carboxylic acids is 2. The molecule has 1 fully saturated rings. The number of aryl methyl sites for hydroxylation is 2. The van der Waals surface area contributed by atoms with Gasteiger partial charge in [-0.25, -0.2) is 0 Å². The van der Waals surface area contributed by atoms with Gasteiger partial charge >= 0.3 is 0 Å².